The molecule has 0 aliphatic heterocycles. The summed E-state index contributed by atoms with van der Waals surface area (Å²) in [6, 6.07) is 6.68. The van der Waals surface area contributed by atoms with Crippen molar-refractivity contribution in [1.82, 2.24) is 5.32 Å². The predicted octanol–water partition coefficient (Wildman–Crippen LogP) is 3.12. The molecule has 1 aromatic carbocycles. The number of rotatable bonds is 9. The van der Waals surface area contributed by atoms with Gasteiger partial charge in [-0.25, -0.2) is 4.39 Å². The van der Waals surface area contributed by atoms with Crippen LogP contribution in [0, 0.1) is 5.82 Å². The van der Waals surface area contributed by atoms with E-state index in [1.807, 2.05) is 6.07 Å². The van der Waals surface area contributed by atoms with Gasteiger partial charge in [0.25, 0.3) is 0 Å². The van der Waals surface area contributed by atoms with Gasteiger partial charge in [0.1, 0.15) is 5.82 Å². The Bertz CT molecular complexity index is 304. The summed E-state index contributed by atoms with van der Waals surface area (Å²) >= 11 is 0. The highest BCUT2D eigenvalue weighted by Crippen LogP contribution is 2.02. The van der Waals surface area contributed by atoms with Crippen LogP contribution in [0.25, 0.3) is 0 Å². The van der Waals surface area contributed by atoms with Gasteiger partial charge in [-0.05, 0) is 37.1 Å². The normalized spacial score (nSPS) is 10.7. The van der Waals surface area contributed by atoms with Gasteiger partial charge in [0.2, 0.25) is 0 Å². The molecule has 0 radical (unpaired) electrons. The van der Waals surface area contributed by atoms with Crippen molar-refractivity contribution in [3.05, 3.63) is 35.6 Å². The lowest BCUT2D eigenvalue weighted by atomic mass is 10.2. The van der Waals surface area contributed by atoms with Gasteiger partial charge in [0, 0.05) is 19.8 Å². The fourth-order valence-corrected chi connectivity index (χ4v) is 1.53. The van der Waals surface area contributed by atoms with Crippen LogP contribution in [0.3, 0.4) is 0 Å². The van der Waals surface area contributed by atoms with E-state index in [0.717, 1.165) is 38.2 Å². The monoisotopic (exact) mass is 239 g/mol. The van der Waals surface area contributed by atoms with Crippen molar-refractivity contribution in [2.45, 2.75) is 32.7 Å². The second kappa shape index (κ2) is 9.14. The Morgan fingerprint density at radius 3 is 2.82 bits per heavy atom. The molecule has 0 fully saturated rings. The first-order valence-corrected chi connectivity index (χ1v) is 6.36. The van der Waals surface area contributed by atoms with Crippen LogP contribution in [0.4, 0.5) is 4.39 Å². The van der Waals surface area contributed by atoms with Crippen LogP contribution < -0.4 is 5.32 Å². The summed E-state index contributed by atoms with van der Waals surface area (Å²) in [6.45, 7) is 5.44. The number of halogens is 1. The Hall–Kier alpha value is -0.930. The molecule has 0 aliphatic carbocycles. The molecular weight excluding hydrogens is 217 g/mol. The zero-order valence-electron chi connectivity index (χ0n) is 10.5. The zero-order valence-corrected chi connectivity index (χ0v) is 10.5. The highest BCUT2D eigenvalue weighted by molar-refractivity contribution is 5.15. The van der Waals surface area contributed by atoms with Crippen molar-refractivity contribution in [1.29, 1.82) is 0 Å². The molecule has 0 amide bonds. The molecule has 0 atom stereocenters. The smallest absolute Gasteiger partial charge is 0.123 e. The maximum Gasteiger partial charge on any atom is 0.123 e. The van der Waals surface area contributed by atoms with E-state index < -0.39 is 0 Å². The quantitative estimate of drug-likeness (QED) is 0.668. The van der Waals surface area contributed by atoms with E-state index in [2.05, 4.69) is 12.2 Å². The number of benzene rings is 1. The molecule has 17 heavy (non-hydrogen) atoms. The minimum atomic E-state index is -0.174. The van der Waals surface area contributed by atoms with Crippen LogP contribution in [0.15, 0.2) is 24.3 Å². The van der Waals surface area contributed by atoms with Crippen molar-refractivity contribution >= 4 is 0 Å². The Labute approximate surface area is 103 Å². The van der Waals surface area contributed by atoms with Gasteiger partial charge in [-0.3, -0.25) is 0 Å². The fourth-order valence-electron chi connectivity index (χ4n) is 1.53. The first-order chi connectivity index (χ1) is 8.33. The van der Waals surface area contributed by atoms with E-state index >= 15 is 0 Å². The van der Waals surface area contributed by atoms with Crippen molar-refractivity contribution in [2.75, 3.05) is 19.8 Å². The van der Waals surface area contributed by atoms with E-state index in [-0.39, 0.29) is 5.82 Å². The van der Waals surface area contributed by atoms with E-state index in [1.165, 1.54) is 12.5 Å². The zero-order chi connectivity index (χ0) is 12.3. The van der Waals surface area contributed by atoms with E-state index in [0.29, 0.717) is 6.54 Å². The molecule has 3 heteroatoms. The summed E-state index contributed by atoms with van der Waals surface area (Å²) in [5.41, 5.74) is 0.983. The van der Waals surface area contributed by atoms with Crippen LogP contribution in [0.5, 0.6) is 0 Å². The van der Waals surface area contributed by atoms with Crippen LogP contribution >= 0.6 is 0 Å². The number of hydrogen-bond donors (Lipinski definition) is 1. The third-order valence-corrected chi connectivity index (χ3v) is 2.50. The molecule has 96 valence electrons. The second-order valence-corrected chi connectivity index (χ2v) is 4.13. The molecule has 0 heterocycles. The molecule has 1 N–H and O–H groups in total. The van der Waals surface area contributed by atoms with Gasteiger partial charge >= 0.3 is 0 Å². The molecule has 2 nitrogen and oxygen atoms in total. The minimum absolute atomic E-state index is 0.174. The predicted molar refractivity (Wildman–Crippen MR) is 68.5 cm³/mol. The third-order valence-electron chi connectivity index (χ3n) is 2.50. The average Bonchev–Trinajstić information content (AvgIpc) is 2.33. The summed E-state index contributed by atoms with van der Waals surface area (Å²) in [4.78, 5) is 0. The topological polar surface area (TPSA) is 21.3 Å². The number of unbranched alkanes of at least 4 members (excludes halogenated alkanes) is 1. The molecule has 1 aromatic rings. The van der Waals surface area contributed by atoms with E-state index in [1.54, 1.807) is 12.1 Å². The third kappa shape index (κ3) is 7.08. The minimum Gasteiger partial charge on any atom is -0.381 e. The van der Waals surface area contributed by atoms with Crippen LogP contribution in [-0.4, -0.2) is 19.8 Å². The van der Waals surface area contributed by atoms with Crippen LogP contribution in [0.1, 0.15) is 31.7 Å². The van der Waals surface area contributed by atoms with Gasteiger partial charge in [-0.1, -0.05) is 25.5 Å². The summed E-state index contributed by atoms with van der Waals surface area (Å²) < 4.78 is 18.3. The van der Waals surface area contributed by atoms with Crippen LogP contribution in [-0.2, 0) is 11.3 Å². The maximum absolute atomic E-state index is 12.9. The van der Waals surface area contributed by atoms with Gasteiger partial charge in [0.15, 0.2) is 0 Å². The van der Waals surface area contributed by atoms with E-state index in [9.17, 15) is 4.39 Å². The first-order valence-electron chi connectivity index (χ1n) is 6.36. The van der Waals surface area contributed by atoms with Gasteiger partial charge in [-0.15, -0.1) is 0 Å². The molecule has 0 unspecified atom stereocenters. The van der Waals surface area contributed by atoms with Crippen LogP contribution in [0.2, 0.25) is 0 Å². The van der Waals surface area contributed by atoms with Crippen molar-refractivity contribution in [3.63, 3.8) is 0 Å². The molecule has 1 rings (SSSR count). The Balaban J connectivity index is 1.97. The summed E-state index contributed by atoms with van der Waals surface area (Å²) in [7, 11) is 0. The number of ether oxygens (including phenoxy) is 1. The molecule has 0 saturated heterocycles. The Morgan fingerprint density at radius 1 is 1.24 bits per heavy atom. The molecule has 0 bridgehead atoms. The lowest BCUT2D eigenvalue weighted by Crippen LogP contribution is -2.16. The van der Waals surface area contributed by atoms with Crippen molar-refractivity contribution in [3.8, 4) is 0 Å². The Morgan fingerprint density at radius 2 is 2.06 bits per heavy atom. The van der Waals surface area contributed by atoms with Gasteiger partial charge in [0.05, 0.1) is 0 Å². The fraction of sp³-hybridized carbons (Fsp3) is 0.571. The second-order valence-electron chi connectivity index (χ2n) is 4.13. The molecular formula is C14H22FNO. The highest BCUT2D eigenvalue weighted by Gasteiger charge is 1.94. The molecule has 0 aromatic heterocycles. The standard InChI is InChI=1S/C14H22FNO/c1-2-3-9-17-10-5-8-16-12-13-6-4-7-14(15)11-13/h4,6-7,11,16H,2-3,5,8-10,12H2,1H3. The summed E-state index contributed by atoms with van der Waals surface area (Å²) in [5.74, 6) is -0.174. The highest BCUT2D eigenvalue weighted by atomic mass is 19.1. The number of hydrogen-bond acceptors (Lipinski definition) is 2. The maximum atomic E-state index is 12.9. The largest absolute Gasteiger partial charge is 0.381 e. The first kappa shape index (κ1) is 14.1. The molecule has 0 spiro atoms. The summed E-state index contributed by atoms with van der Waals surface area (Å²) in [5, 5.41) is 3.27. The average molecular weight is 239 g/mol. The Kier molecular flexibility index (Phi) is 7.60. The van der Waals surface area contributed by atoms with Gasteiger partial charge < -0.3 is 10.1 Å². The molecule has 0 aliphatic rings. The van der Waals surface area contributed by atoms with Gasteiger partial charge in [-0.2, -0.15) is 0 Å². The van der Waals surface area contributed by atoms with Crippen molar-refractivity contribution < 1.29 is 9.13 Å². The number of nitrogens with one attached hydrogen (secondary N) is 1. The van der Waals surface area contributed by atoms with Crippen molar-refractivity contribution in [2.24, 2.45) is 0 Å². The summed E-state index contributed by atoms with van der Waals surface area (Å²) in [6.07, 6.45) is 3.31. The lowest BCUT2D eigenvalue weighted by molar-refractivity contribution is 0.129. The lowest BCUT2D eigenvalue weighted by Gasteiger charge is -2.06. The SMILES string of the molecule is CCCCOCCCNCc1cccc(F)c1. The molecule has 0 saturated carbocycles. The van der Waals surface area contributed by atoms with E-state index in [4.69, 9.17) is 4.74 Å².